The maximum atomic E-state index is 11.0. The maximum Gasteiger partial charge on any atom is 0.177 e. The highest BCUT2D eigenvalue weighted by Gasteiger charge is 2.75. The normalized spacial score (nSPS) is 39.9. The van der Waals surface area contributed by atoms with Crippen molar-refractivity contribution in [3.63, 3.8) is 0 Å². The molecular formula is C26H44O4. The van der Waals surface area contributed by atoms with Gasteiger partial charge in [0.15, 0.2) is 5.79 Å². The van der Waals surface area contributed by atoms with Crippen molar-refractivity contribution in [1.82, 2.24) is 0 Å². The first-order chi connectivity index (χ1) is 14.5. The molecule has 3 saturated carbocycles. The molecule has 0 aromatic heterocycles. The zero-order valence-electron chi connectivity index (χ0n) is 19.2. The number of unbranched alkanes of at least 4 members (excludes halogenated alkanes) is 3. The monoisotopic (exact) mass is 420 g/mol. The predicted molar refractivity (Wildman–Crippen MR) is 119 cm³/mol. The SMILES string of the molecule is CCCCCCC1[C@@H]2[C@@H](/C=C/[C@@H](O)C3CCCCC3)[C@H](O)CC[C@]2(C)C12OCCO2. The number of aliphatic hydroxyl groups is 2. The van der Waals surface area contributed by atoms with Gasteiger partial charge in [0, 0.05) is 17.3 Å². The van der Waals surface area contributed by atoms with Crippen molar-refractivity contribution >= 4 is 0 Å². The van der Waals surface area contributed by atoms with Gasteiger partial charge in [-0.3, -0.25) is 0 Å². The van der Waals surface area contributed by atoms with Crippen molar-refractivity contribution in [1.29, 1.82) is 0 Å². The Labute approximate surface area is 183 Å². The molecule has 172 valence electrons. The van der Waals surface area contributed by atoms with E-state index in [4.69, 9.17) is 9.47 Å². The molecule has 4 rings (SSSR count). The molecule has 1 saturated heterocycles. The van der Waals surface area contributed by atoms with E-state index in [1.165, 1.54) is 44.9 Å². The van der Waals surface area contributed by atoms with Gasteiger partial charge in [0.25, 0.3) is 0 Å². The second-order valence-electron chi connectivity index (χ2n) is 10.7. The largest absolute Gasteiger partial charge is 0.393 e. The molecule has 1 spiro atoms. The van der Waals surface area contributed by atoms with Crippen LogP contribution in [0.5, 0.6) is 0 Å². The Morgan fingerprint density at radius 1 is 1.03 bits per heavy atom. The van der Waals surface area contributed by atoms with Gasteiger partial charge in [-0.25, -0.2) is 0 Å². The molecule has 30 heavy (non-hydrogen) atoms. The fourth-order valence-electron chi connectivity index (χ4n) is 7.41. The molecule has 0 bridgehead atoms. The second-order valence-corrected chi connectivity index (χ2v) is 10.7. The van der Waals surface area contributed by atoms with Gasteiger partial charge >= 0.3 is 0 Å². The van der Waals surface area contributed by atoms with Gasteiger partial charge in [0.05, 0.1) is 25.4 Å². The molecular weight excluding hydrogens is 376 g/mol. The Bertz CT molecular complexity index is 578. The number of aliphatic hydroxyl groups excluding tert-OH is 2. The molecule has 1 aliphatic heterocycles. The van der Waals surface area contributed by atoms with Crippen molar-refractivity contribution in [3.8, 4) is 0 Å². The molecule has 0 aromatic carbocycles. The van der Waals surface area contributed by atoms with E-state index in [1.54, 1.807) is 0 Å². The van der Waals surface area contributed by atoms with E-state index in [0.29, 0.717) is 31.0 Å². The van der Waals surface area contributed by atoms with Crippen molar-refractivity contribution in [2.24, 2.45) is 29.1 Å². The lowest BCUT2D eigenvalue weighted by Crippen LogP contribution is -2.74. The summed E-state index contributed by atoms with van der Waals surface area (Å²) in [7, 11) is 0. The lowest BCUT2D eigenvalue weighted by atomic mass is 9.41. The molecule has 4 aliphatic rings. The molecule has 0 amide bonds. The van der Waals surface area contributed by atoms with Crippen LogP contribution in [-0.2, 0) is 9.47 Å². The highest BCUT2D eigenvalue weighted by atomic mass is 16.7. The quantitative estimate of drug-likeness (QED) is 0.417. The number of fused-ring (bicyclic) bond motifs is 2. The summed E-state index contributed by atoms with van der Waals surface area (Å²) in [5.41, 5.74) is -0.0387. The highest BCUT2D eigenvalue weighted by Crippen LogP contribution is 2.70. The predicted octanol–water partition coefficient (Wildman–Crippen LogP) is 5.22. The van der Waals surface area contributed by atoms with E-state index in [9.17, 15) is 10.2 Å². The lowest BCUT2D eigenvalue weighted by Gasteiger charge is -2.69. The van der Waals surface area contributed by atoms with Crippen LogP contribution in [0.15, 0.2) is 12.2 Å². The van der Waals surface area contributed by atoms with Crippen LogP contribution in [0.3, 0.4) is 0 Å². The molecule has 4 nitrogen and oxygen atoms in total. The fraction of sp³-hybridized carbons (Fsp3) is 0.923. The molecule has 4 fully saturated rings. The summed E-state index contributed by atoms with van der Waals surface area (Å²) in [6, 6.07) is 0. The van der Waals surface area contributed by atoms with Crippen LogP contribution in [0, 0.1) is 29.1 Å². The third kappa shape index (κ3) is 3.91. The Morgan fingerprint density at radius 3 is 2.47 bits per heavy atom. The van der Waals surface area contributed by atoms with Crippen molar-refractivity contribution in [3.05, 3.63) is 12.2 Å². The van der Waals surface area contributed by atoms with Crippen LogP contribution in [0.2, 0.25) is 0 Å². The van der Waals surface area contributed by atoms with E-state index in [-0.39, 0.29) is 23.5 Å². The number of hydrogen-bond acceptors (Lipinski definition) is 4. The van der Waals surface area contributed by atoms with Gasteiger partial charge in [0.1, 0.15) is 0 Å². The van der Waals surface area contributed by atoms with Crippen molar-refractivity contribution in [2.45, 2.75) is 109 Å². The first-order valence-electron chi connectivity index (χ1n) is 12.9. The summed E-state index contributed by atoms with van der Waals surface area (Å²) in [6.07, 6.45) is 17.4. The van der Waals surface area contributed by atoms with Crippen molar-refractivity contribution in [2.75, 3.05) is 13.2 Å². The van der Waals surface area contributed by atoms with Gasteiger partial charge < -0.3 is 19.7 Å². The minimum atomic E-state index is -0.446. The van der Waals surface area contributed by atoms with E-state index < -0.39 is 5.79 Å². The summed E-state index contributed by atoms with van der Waals surface area (Å²) in [4.78, 5) is 0. The van der Waals surface area contributed by atoms with Crippen LogP contribution in [0.25, 0.3) is 0 Å². The lowest BCUT2D eigenvalue weighted by molar-refractivity contribution is -0.386. The molecule has 3 aliphatic carbocycles. The summed E-state index contributed by atoms with van der Waals surface area (Å²) >= 11 is 0. The van der Waals surface area contributed by atoms with Crippen LogP contribution < -0.4 is 0 Å². The van der Waals surface area contributed by atoms with Crippen LogP contribution in [-0.4, -0.2) is 41.4 Å². The fourth-order valence-corrected chi connectivity index (χ4v) is 7.41. The average molecular weight is 421 g/mol. The molecule has 6 atom stereocenters. The minimum absolute atomic E-state index is 0.0387. The summed E-state index contributed by atoms with van der Waals surface area (Å²) in [6.45, 7) is 5.96. The zero-order chi connectivity index (χ0) is 21.2. The first-order valence-corrected chi connectivity index (χ1v) is 12.9. The maximum absolute atomic E-state index is 11.0. The third-order valence-corrected chi connectivity index (χ3v) is 9.02. The van der Waals surface area contributed by atoms with Crippen LogP contribution in [0.4, 0.5) is 0 Å². The molecule has 2 N–H and O–H groups in total. The molecule has 1 unspecified atom stereocenters. The summed E-state index contributed by atoms with van der Waals surface area (Å²) in [5, 5.41) is 21.8. The Balaban J connectivity index is 1.50. The van der Waals surface area contributed by atoms with Crippen LogP contribution in [0.1, 0.15) is 90.9 Å². The molecule has 0 radical (unpaired) electrons. The smallest absolute Gasteiger partial charge is 0.177 e. The number of rotatable bonds is 8. The molecule has 4 heteroatoms. The Hall–Kier alpha value is -0.420. The molecule has 0 aromatic rings. The Morgan fingerprint density at radius 2 is 1.77 bits per heavy atom. The minimum Gasteiger partial charge on any atom is -0.393 e. The van der Waals surface area contributed by atoms with E-state index in [2.05, 4.69) is 19.9 Å². The second kappa shape index (κ2) is 9.60. The van der Waals surface area contributed by atoms with E-state index in [1.807, 2.05) is 6.08 Å². The van der Waals surface area contributed by atoms with Gasteiger partial charge in [-0.05, 0) is 43.9 Å². The van der Waals surface area contributed by atoms with Gasteiger partial charge in [-0.2, -0.15) is 0 Å². The van der Waals surface area contributed by atoms with Crippen molar-refractivity contribution < 1.29 is 19.7 Å². The first kappa shape index (κ1) is 22.8. The highest BCUT2D eigenvalue weighted by molar-refractivity contribution is 5.21. The van der Waals surface area contributed by atoms with Gasteiger partial charge in [-0.15, -0.1) is 0 Å². The Kier molecular flexibility index (Phi) is 7.29. The van der Waals surface area contributed by atoms with E-state index >= 15 is 0 Å². The van der Waals surface area contributed by atoms with Crippen LogP contribution >= 0.6 is 0 Å². The number of ether oxygens (including phenoxy) is 2. The zero-order valence-corrected chi connectivity index (χ0v) is 19.2. The molecule has 1 heterocycles. The third-order valence-electron chi connectivity index (χ3n) is 9.02. The topological polar surface area (TPSA) is 58.9 Å². The van der Waals surface area contributed by atoms with Gasteiger partial charge in [-0.1, -0.05) is 70.9 Å². The standard InChI is InChI=1S/C26H44O4/c1-3-4-5-9-12-21-24-20(13-14-22(27)19-10-7-6-8-11-19)23(28)15-16-25(24,2)26(21)29-17-18-30-26/h13-14,19-24,27-28H,3-12,15-18H2,1-2H3/b14-13+/t20-,21?,22+,23+,24-,25-/m0/s1. The summed E-state index contributed by atoms with van der Waals surface area (Å²) in [5.74, 6) is 0.754. The summed E-state index contributed by atoms with van der Waals surface area (Å²) < 4.78 is 12.7. The average Bonchev–Trinajstić information content (AvgIpc) is 3.28. The van der Waals surface area contributed by atoms with E-state index in [0.717, 1.165) is 32.1 Å². The van der Waals surface area contributed by atoms with Gasteiger partial charge in [0.2, 0.25) is 0 Å². The number of hydrogen-bond donors (Lipinski definition) is 2.